The van der Waals surface area contributed by atoms with Gasteiger partial charge in [-0.25, -0.2) is 0 Å². The molecule has 2 heteroatoms. The van der Waals surface area contributed by atoms with Crippen LogP contribution in [0.4, 0.5) is 0 Å². The maximum Gasteiger partial charge on any atom is 0.119 e. The molecule has 1 fully saturated rings. The number of nitrogens with two attached hydrogens (primary N) is 1. The summed E-state index contributed by atoms with van der Waals surface area (Å²) in [5, 5.41) is 0. The van der Waals surface area contributed by atoms with Crippen LogP contribution in [0.15, 0.2) is 36.4 Å². The van der Waals surface area contributed by atoms with Gasteiger partial charge < -0.3 is 10.5 Å². The predicted octanol–water partition coefficient (Wildman–Crippen LogP) is 2.53. The third kappa shape index (κ3) is 3.38. The lowest BCUT2D eigenvalue weighted by molar-refractivity contribution is 0.299. The number of hydrogen-bond acceptors (Lipinski definition) is 2. The summed E-state index contributed by atoms with van der Waals surface area (Å²) in [6.45, 7) is 5.33. The topological polar surface area (TPSA) is 35.2 Å². The van der Waals surface area contributed by atoms with Crippen molar-refractivity contribution in [1.29, 1.82) is 0 Å². The van der Waals surface area contributed by atoms with E-state index in [1.165, 1.54) is 18.4 Å². The van der Waals surface area contributed by atoms with Gasteiger partial charge in [0.05, 0.1) is 6.61 Å². The van der Waals surface area contributed by atoms with E-state index >= 15 is 0 Å². The van der Waals surface area contributed by atoms with Crippen molar-refractivity contribution in [2.24, 2.45) is 11.7 Å². The molecule has 2 N–H and O–H groups in total. The van der Waals surface area contributed by atoms with Gasteiger partial charge in [0.2, 0.25) is 0 Å². The van der Waals surface area contributed by atoms with Crippen molar-refractivity contribution in [1.82, 2.24) is 0 Å². The van der Waals surface area contributed by atoms with Crippen LogP contribution in [0.3, 0.4) is 0 Å². The van der Waals surface area contributed by atoms with Crippen molar-refractivity contribution in [3.63, 3.8) is 0 Å². The van der Waals surface area contributed by atoms with Crippen LogP contribution in [-0.4, -0.2) is 13.2 Å². The Morgan fingerprint density at radius 3 is 2.56 bits per heavy atom. The summed E-state index contributed by atoms with van der Waals surface area (Å²) in [4.78, 5) is 0. The molecule has 0 heterocycles. The van der Waals surface area contributed by atoms with Gasteiger partial charge in [-0.15, -0.1) is 0 Å². The van der Waals surface area contributed by atoms with Gasteiger partial charge in [0.1, 0.15) is 5.75 Å². The quantitative estimate of drug-likeness (QED) is 0.743. The molecule has 0 bridgehead atoms. The van der Waals surface area contributed by atoms with Crippen molar-refractivity contribution < 1.29 is 4.74 Å². The van der Waals surface area contributed by atoms with Gasteiger partial charge in [-0.05, 0) is 42.9 Å². The van der Waals surface area contributed by atoms with E-state index < -0.39 is 0 Å². The van der Waals surface area contributed by atoms with Crippen molar-refractivity contribution in [2.75, 3.05) is 13.2 Å². The summed E-state index contributed by atoms with van der Waals surface area (Å²) in [6.07, 6.45) is 3.52. The summed E-state index contributed by atoms with van der Waals surface area (Å²) in [6, 6.07) is 8.23. The first-order valence-electron chi connectivity index (χ1n) is 5.86. The fraction of sp³-hybridized carbons (Fsp3) is 0.429. The van der Waals surface area contributed by atoms with Crippen molar-refractivity contribution in [3.05, 3.63) is 42.0 Å². The molecule has 1 aliphatic rings. The summed E-state index contributed by atoms with van der Waals surface area (Å²) in [7, 11) is 0. The Balaban J connectivity index is 1.85. The summed E-state index contributed by atoms with van der Waals surface area (Å²) < 4.78 is 5.67. The minimum atomic E-state index is 0.555. The highest BCUT2D eigenvalue weighted by Gasteiger charge is 2.21. The van der Waals surface area contributed by atoms with Gasteiger partial charge in [0, 0.05) is 6.54 Å². The van der Waals surface area contributed by atoms with Crippen LogP contribution in [0.2, 0.25) is 0 Å². The first-order valence-corrected chi connectivity index (χ1v) is 5.86. The molecule has 2 nitrogen and oxygen atoms in total. The summed E-state index contributed by atoms with van der Waals surface area (Å²) in [5.74, 6) is 1.77. The zero-order valence-electron chi connectivity index (χ0n) is 9.61. The lowest BCUT2D eigenvalue weighted by atomic mass is 10.1. The van der Waals surface area contributed by atoms with Crippen LogP contribution in [0.1, 0.15) is 18.4 Å². The molecule has 2 rings (SSSR count). The van der Waals surface area contributed by atoms with Gasteiger partial charge >= 0.3 is 0 Å². The molecule has 0 unspecified atom stereocenters. The smallest absolute Gasteiger partial charge is 0.119 e. The van der Waals surface area contributed by atoms with Crippen LogP contribution in [-0.2, 0) is 6.42 Å². The van der Waals surface area contributed by atoms with Gasteiger partial charge in [-0.2, -0.15) is 0 Å². The average molecular weight is 217 g/mol. The van der Waals surface area contributed by atoms with E-state index in [0.29, 0.717) is 6.54 Å². The van der Waals surface area contributed by atoms with Gasteiger partial charge in [-0.1, -0.05) is 24.3 Å². The van der Waals surface area contributed by atoms with Crippen LogP contribution >= 0.6 is 0 Å². The second kappa shape index (κ2) is 5.17. The fourth-order valence-electron chi connectivity index (χ4n) is 1.56. The Hall–Kier alpha value is -1.28. The first kappa shape index (κ1) is 11.2. The maximum atomic E-state index is 5.67. The lowest BCUT2D eigenvalue weighted by Gasteiger charge is -2.07. The highest BCUT2D eigenvalue weighted by atomic mass is 16.5. The van der Waals surface area contributed by atoms with Crippen LogP contribution in [0.5, 0.6) is 5.75 Å². The average Bonchev–Trinajstić information content (AvgIpc) is 3.12. The summed E-state index contributed by atoms with van der Waals surface area (Å²) in [5.41, 5.74) is 7.82. The molecule has 0 aliphatic heterocycles. The Morgan fingerprint density at radius 2 is 2.00 bits per heavy atom. The minimum Gasteiger partial charge on any atom is -0.493 e. The van der Waals surface area contributed by atoms with Crippen molar-refractivity contribution in [2.45, 2.75) is 19.3 Å². The number of hydrogen-bond donors (Lipinski definition) is 1. The highest BCUT2D eigenvalue weighted by Crippen LogP contribution is 2.29. The first-order chi connectivity index (χ1) is 7.78. The van der Waals surface area contributed by atoms with E-state index in [2.05, 4.69) is 18.7 Å². The Labute approximate surface area is 97.1 Å². The molecule has 0 amide bonds. The minimum absolute atomic E-state index is 0.555. The lowest BCUT2D eigenvalue weighted by Crippen LogP contribution is -2.04. The molecular formula is C14H19NO. The number of rotatable bonds is 6. The van der Waals surface area contributed by atoms with Crippen LogP contribution in [0, 0.1) is 5.92 Å². The van der Waals surface area contributed by atoms with E-state index in [1.807, 2.05) is 12.1 Å². The fourth-order valence-corrected chi connectivity index (χ4v) is 1.56. The number of benzene rings is 1. The molecule has 0 spiro atoms. The van der Waals surface area contributed by atoms with E-state index in [9.17, 15) is 0 Å². The second-order valence-electron chi connectivity index (χ2n) is 4.53. The van der Waals surface area contributed by atoms with E-state index in [1.54, 1.807) is 0 Å². The maximum absolute atomic E-state index is 5.67. The molecule has 86 valence electrons. The van der Waals surface area contributed by atoms with E-state index in [0.717, 1.165) is 30.3 Å². The van der Waals surface area contributed by atoms with Crippen molar-refractivity contribution in [3.8, 4) is 5.75 Å². The predicted molar refractivity (Wildman–Crippen MR) is 66.6 cm³/mol. The largest absolute Gasteiger partial charge is 0.493 e. The molecule has 1 aromatic carbocycles. The van der Waals surface area contributed by atoms with E-state index in [-0.39, 0.29) is 0 Å². The molecule has 0 aromatic heterocycles. The Morgan fingerprint density at radius 1 is 1.31 bits per heavy atom. The highest BCUT2D eigenvalue weighted by molar-refractivity contribution is 5.29. The molecule has 0 radical (unpaired) electrons. The zero-order chi connectivity index (χ0) is 11.4. The number of ether oxygens (including phenoxy) is 1. The molecule has 0 saturated heterocycles. The molecule has 1 saturated carbocycles. The van der Waals surface area contributed by atoms with E-state index in [4.69, 9.17) is 10.5 Å². The molecule has 1 aromatic rings. The Bertz CT molecular complexity index is 352. The van der Waals surface area contributed by atoms with Gasteiger partial charge in [-0.3, -0.25) is 0 Å². The molecule has 1 aliphatic carbocycles. The van der Waals surface area contributed by atoms with Crippen molar-refractivity contribution >= 4 is 0 Å². The molecule has 0 atom stereocenters. The van der Waals surface area contributed by atoms with Gasteiger partial charge in [0.25, 0.3) is 0 Å². The van der Waals surface area contributed by atoms with Crippen LogP contribution < -0.4 is 10.5 Å². The van der Waals surface area contributed by atoms with Gasteiger partial charge in [0.15, 0.2) is 0 Å². The van der Waals surface area contributed by atoms with Crippen LogP contribution in [0.25, 0.3) is 0 Å². The monoisotopic (exact) mass is 217 g/mol. The third-order valence-corrected chi connectivity index (χ3v) is 2.85. The summed E-state index contributed by atoms with van der Waals surface area (Å²) >= 11 is 0. The second-order valence-corrected chi connectivity index (χ2v) is 4.53. The molecule has 16 heavy (non-hydrogen) atoms. The SMILES string of the molecule is C=C(CN)Cc1ccc(OCC2CC2)cc1. The third-order valence-electron chi connectivity index (χ3n) is 2.85. The Kier molecular flexibility index (Phi) is 3.62. The standard InChI is InChI=1S/C14H19NO/c1-11(9-15)8-12-4-6-14(7-5-12)16-10-13-2-3-13/h4-7,13H,1-3,8-10,15H2. The zero-order valence-corrected chi connectivity index (χ0v) is 9.61. The molecular weight excluding hydrogens is 198 g/mol. The normalized spacial score (nSPS) is 14.8.